The second kappa shape index (κ2) is 5.61. The molecule has 2 fully saturated rings. The predicted molar refractivity (Wildman–Crippen MR) is 65.4 cm³/mol. The Morgan fingerprint density at radius 3 is 2.59 bits per heavy atom. The number of nitrogens with zero attached hydrogens (tertiary/aromatic N) is 1. The summed E-state index contributed by atoms with van der Waals surface area (Å²) in [5, 5.41) is 3.23. The third kappa shape index (κ3) is 3.62. The van der Waals surface area contributed by atoms with E-state index in [-0.39, 0.29) is 12.3 Å². The smallest absolute Gasteiger partial charge is 0.252 e. The van der Waals surface area contributed by atoms with Crippen molar-refractivity contribution in [2.24, 2.45) is 11.8 Å². The van der Waals surface area contributed by atoms with Gasteiger partial charge in [-0.15, -0.1) is 0 Å². The maximum atomic E-state index is 14.2. The van der Waals surface area contributed by atoms with Crippen molar-refractivity contribution in [1.29, 1.82) is 0 Å². The van der Waals surface area contributed by atoms with E-state index in [1.807, 2.05) is 11.9 Å². The molecule has 17 heavy (non-hydrogen) atoms. The lowest BCUT2D eigenvalue weighted by molar-refractivity contribution is -0.0979. The molecule has 100 valence electrons. The maximum Gasteiger partial charge on any atom is 0.252 e. The number of piperidine rings is 2. The van der Waals surface area contributed by atoms with Crippen LogP contribution in [0.2, 0.25) is 0 Å². The molecule has 2 nitrogen and oxygen atoms in total. The highest BCUT2D eigenvalue weighted by Crippen LogP contribution is 2.38. The summed E-state index contributed by atoms with van der Waals surface area (Å²) in [5.74, 6) is -2.66. The Kier molecular flexibility index (Phi) is 4.36. The van der Waals surface area contributed by atoms with Crippen LogP contribution < -0.4 is 5.32 Å². The number of likely N-dealkylation sites (tertiary alicyclic amines) is 1. The molecule has 0 aromatic rings. The van der Waals surface area contributed by atoms with Crippen LogP contribution in [-0.4, -0.2) is 44.0 Å². The van der Waals surface area contributed by atoms with Gasteiger partial charge < -0.3 is 10.2 Å². The number of hydrogen-bond acceptors (Lipinski definition) is 2. The van der Waals surface area contributed by atoms with Crippen LogP contribution in [-0.2, 0) is 0 Å². The molecule has 2 saturated heterocycles. The largest absolute Gasteiger partial charge is 0.317 e. The van der Waals surface area contributed by atoms with Gasteiger partial charge in [-0.2, -0.15) is 0 Å². The highest BCUT2D eigenvalue weighted by molar-refractivity contribution is 4.86. The Morgan fingerprint density at radius 2 is 1.94 bits per heavy atom. The first-order valence-corrected chi connectivity index (χ1v) is 6.85. The average molecular weight is 246 g/mol. The molecule has 2 aliphatic heterocycles. The molecule has 4 heteroatoms. The van der Waals surface area contributed by atoms with Gasteiger partial charge in [-0.05, 0) is 58.3 Å². The van der Waals surface area contributed by atoms with Gasteiger partial charge in [0.1, 0.15) is 0 Å². The molecule has 0 aromatic heterocycles. The van der Waals surface area contributed by atoms with Crippen LogP contribution in [0.1, 0.15) is 32.1 Å². The van der Waals surface area contributed by atoms with E-state index in [0.29, 0.717) is 13.0 Å². The van der Waals surface area contributed by atoms with Gasteiger partial charge in [0, 0.05) is 18.9 Å². The van der Waals surface area contributed by atoms with Crippen molar-refractivity contribution in [2.45, 2.75) is 38.0 Å². The molecular formula is C13H24F2N2. The third-order valence-electron chi connectivity index (χ3n) is 4.24. The van der Waals surface area contributed by atoms with E-state index in [9.17, 15) is 8.78 Å². The van der Waals surface area contributed by atoms with Crippen LogP contribution >= 0.6 is 0 Å². The number of alkyl halides is 2. The van der Waals surface area contributed by atoms with Crippen LogP contribution in [0.15, 0.2) is 0 Å². The van der Waals surface area contributed by atoms with Gasteiger partial charge in [-0.1, -0.05) is 0 Å². The first-order chi connectivity index (χ1) is 8.08. The summed E-state index contributed by atoms with van der Waals surface area (Å²) in [7, 11) is 1.95. The second-order valence-electron chi connectivity index (χ2n) is 5.76. The van der Waals surface area contributed by atoms with Crippen LogP contribution in [0.25, 0.3) is 0 Å². The Bertz CT molecular complexity index is 240. The van der Waals surface area contributed by atoms with Gasteiger partial charge in [-0.25, -0.2) is 8.78 Å². The summed E-state index contributed by atoms with van der Waals surface area (Å²) in [4.78, 5) is 2.05. The molecule has 1 atom stereocenters. The lowest BCUT2D eigenvalue weighted by atomic mass is 9.83. The van der Waals surface area contributed by atoms with Crippen molar-refractivity contribution in [3.63, 3.8) is 0 Å². The van der Waals surface area contributed by atoms with Crippen molar-refractivity contribution in [2.75, 3.05) is 33.2 Å². The summed E-state index contributed by atoms with van der Waals surface area (Å²) in [6, 6.07) is 0. The van der Waals surface area contributed by atoms with Crippen molar-refractivity contribution >= 4 is 0 Å². The summed E-state index contributed by atoms with van der Waals surface area (Å²) < 4.78 is 28.4. The molecule has 0 aliphatic carbocycles. The fourth-order valence-electron chi connectivity index (χ4n) is 3.15. The highest BCUT2D eigenvalue weighted by Gasteiger charge is 2.42. The average Bonchev–Trinajstić information content (AvgIpc) is 2.30. The van der Waals surface area contributed by atoms with Gasteiger partial charge >= 0.3 is 0 Å². The molecule has 0 saturated carbocycles. The quantitative estimate of drug-likeness (QED) is 0.822. The normalized spacial score (nSPS) is 29.5. The molecule has 2 heterocycles. The summed E-state index contributed by atoms with van der Waals surface area (Å²) >= 11 is 0. The minimum atomic E-state index is -2.46. The number of hydrogen-bond donors (Lipinski definition) is 1. The van der Waals surface area contributed by atoms with Crippen LogP contribution in [0.4, 0.5) is 8.78 Å². The fourth-order valence-corrected chi connectivity index (χ4v) is 3.15. The van der Waals surface area contributed by atoms with E-state index in [4.69, 9.17) is 0 Å². The minimum absolute atomic E-state index is 0.104. The molecule has 2 aliphatic rings. The Morgan fingerprint density at radius 1 is 1.24 bits per heavy atom. The van der Waals surface area contributed by atoms with E-state index in [1.165, 1.54) is 0 Å². The van der Waals surface area contributed by atoms with E-state index >= 15 is 0 Å². The zero-order valence-electron chi connectivity index (χ0n) is 10.7. The first-order valence-electron chi connectivity index (χ1n) is 6.85. The van der Waals surface area contributed by atoms with Crippen molar-refractivity contribution in [3.8, 4) is 0 Å². The van der Waals surface area contributed by atoms with Gasteiger partial charge in [0.05, 0.1) is 0 Å². The van der Waals surface area contributed by atoms with Crippen LogP contribution in [0.5, 0.6) is 0 Å². The Balaban J connectivity index is 1.87. The maximum absolute atomic E-state index is 14.2. The van der Waals surface area contributed by atoms with Gasteiger partial charge in [0.25, 0.3) is 5.92 Å². The lowest BCUT2D eigenvalue weighted by Gasteiger charge is -2.37. The zero-order valence-corrected chi connectivity index (χ0v) is 10.7. The standard InChI is InChI=1S/C13H24F2N2/c1-17-8-2-3-12(10-17)13(14,15)9-11-4-6-16-7-5-11/h11-12,16H,2-10H2,1H3. The zero-order chi connectivity index (χ0) is 12.3. The second-order valence-corrected chi connectivity index (χ2v) is 5.76. The molecule has 0 aromatic carbocycles. The van der Waals surface area contributed by atoms with Gasteiger partial charge in [-0.3, -0.25) is 0 Å². The summed E-state index contributed by atoms with van der Waals surface area (Å²) in [5.41, 5.74) is 0. The minimum Gasteiger partial charge on any atom is -0.317 e. The molecule has 2 rings (SSSR count). The van der Waals surface area contributed by atoms with Gasteiger partial charge in [0.15, 0.2) is 0 Å². The van der Waals surface area contributed by atoms with E-state index < -0.39 is 11.8 Å². The molecule has 0 spiro atoms. The molecule has 0 bridgehead atoms. The highest BCUT2D eigenvalue weighted by atomic mass is 19.3. The molecule has 0 radical (unpaired) electrons. The number of rotatable bonds is 3. The Labute approximate surface area is 103 Å². The first kappa shape index (κ1) is 13.2. The van der Waals surface area contributed by atoms with E-state index in [0.717, 1.165) is 38.9 Å². The van der Waals surface area contributed by atoms with Crippen molar-refractivity contribution in [3.05, 3.63) is 0 Å². The summed E-state index contributed by atoms with van der Waals surface area (Å²) in [6.45, 7) is 3.36. The van der Waals surface area contributed by atoms with Crippen LogP contribution in [0.3, 0.4) is 0 Å². The third-order valence-corrected chi connectivity index (χ3v) is 4.24. The van der Waals surface area contributed by atoms with E-state index in [1.54, 1.807) is 0 Å². The molecule has 1 unspecified atom stereocenters. The summed E-state index contributed by atoms with van der Waals surface area (Å²) in [6.07, 6.45) is 3.55. The molecule has 0 amide bonds. The Hall–Kier alpha value is -0.220. The van der Waals surface area contributed by atoms with E-state index in [2.05, 4.69) is 5.32 Å². The van der Waals surface area contributed by atoms with Crippen molar-refractivity contribution in [1.82, 2.24) is 10.2 Å². The number of halogens is 2. The fraction of sp³-hybridized carbons (Fsp3) is 1.00. The molecule has 1 N–H and O–H groups in total. The lowest BCUT2D eigenvalue weighted by Crippen LogP contribution is -2.43. The SMILES string of the molecule is CN1CCCC(C(F)(F)CC2CCNCC2)C1. The number of nitrogens with one attached hydrogen (secondary N) is 1. The monoisotopic (exact) mass is 246 g/mol. The van der Waals surface area contributed by atoms with Crippen LogP contribution in [0, 0.1) is 11.8 Å². The predicted octanol–water partition coefficient (Wildman–Crippen LogP) is 2.35. The topological polar surface area (TPSA) is 15.3 Å². The van der Waals surface area contributed by atoms with Crippen molar-refractivity contribution < 1.29 is 8.78 Å². The molecular weight excluding hydrogens is 222 g/mol. The van der Waals surface area contributed by atoms with Gasteiger partial charge in [0.2, 0.25) is 0 Å².